The summed E-state index contributed by atoms with van der Waals surface area (Å²) in [4.78, 5) is 11.8. The highest BCUT2D eigenvalue weighted by Crippen LogP contribution is 2.34. The van der Waals surface area contributed by atoms with Crippen LogP contribution in [0.5, 0.6) is 0 Å². The molecule has 3 rings (SSSR count). The highest BCUT2D eigenvalue weighted by atomic mass is 32.2. The Morgan fingerprint density at radius 3 is 2.82 bits per heavy atom. The van der Waals surface area contributed by atoms with E-state index in [2.05, 4.69) is 34.9 Å². The minimum Gasteiger partial charge on any atom is -0.444 e. The van der Waals surface area contributed by atoms with Gasteiger partial charge in [-0.05, 0) is 38.3 Å². The Morgan fingerprint density at radius 1 is 1.27 bits per heavy atom. The van der Waals surface area contributed by atoms with Gasteiger partial charge in [0.05, 0.1) is 0 Å². The number of hydrogen-bond donors (Lipinski definition) is 2. The van der Waals surface area contributed by atoms with Crippen molar-refractivity contribution < 1.29 is 9.53 Å². The predicted octanol–water partition coefficient (Wildman–Crippen LogP) is 3.23. The molecule has 3 atom stereocenters. The third-order valence-corrected chi connectivity index (χ3v) is 4.96. The van der Waals surface area contributed by atoms with Crippen molar-refractivity contribution in [3.63, 3.8) is 0 Å². The molecule has 0 saturated heterocycles. The average molecular weight is 320 g/mol. The summed E-state index contributed by atoms with van der Waals surface area (Å²) in [6, 6.07) is 9.55. The number of fused-ring (bicyclic) bond motifs is 1. The third kappa shape index (κ3) is 3.96. The summed E-state index contributed by atoms with van der Waals surface area (Å²) in [6.07, 6.45) is 0.656. The first-order valence-electron chi connectivity index (χ1n) is 7.83. The number of carbonyl (C=O) groups excluding carboxylic acids is 1. The van der Waals surface area contributed by atoms with Crippen LogP contribution in [0, 0.1) is 0 Å². The number of benzene rings is 1. The highest BCUT2D eigenvalue weighted by molar-refractivity contribution is 7.98. The molecule has 5 heteroatoms. The lowest BCUT2D eigenvalue weighted by Gasteiger charge is -2.26. The molecule has 0 bridgehead atoms. The van der Waals surface area contributed by atoms with Crippen LogP contribution in [0.15, 0.2) is 24.3 Å². The highest BCUT2D eigenvalue weighted by Gasteiger charge is 2.41. The molecule has 2 N–H and O–H groups in total. The molecule has 1 aliphatic heterocycles. The second-order valence-electron chi connectivity index (χ2n) is 7.03. The van der Waals surface area contributed by atoms with Gasteiger partial charge in [0.2, 0.25) is 0 Å². The molecular formula is C17H24N2O2S. The second kappa shape index (κ2) is 6.13. The maximum absolute atomic E-state index is 11.8. The van der Waals surface area contributed by atoms with Crippen molar-refractivity contribution in [2.45, 2.75) is 56.7 Å². The summed E-state index contributed by atoms with van der Waals surface area (Å²) in [5, 5.41) is 6.62. The number of amides is 1. The molecule has 0 radical (unpaired) electrons. The average Bonchev–Trinajstić information content (AvgIpc) is 3.14. The van der Waals surface area contributed by atoms with Crippen molar-refractivity contribution in [1.82, 2.24) is 10.6 Å². The molecule has 1 saturated carbocycles. The lowest BCUT2D eigenvalue weighted by molar-refractivity contribution is 0.0522. The van der Waals surface area contributed by atoms with E-state index in [0.717, 1.165) is 17.9 Å². The minimum atomic E-state index is -0.444. The van der Waals surface area contributed by atoms with Crippen LogP contribution in [0.1, 0.15) is 44.4 Å². The maximum Gasteiger partial charge on any atom is 0.407 e. The van der Waals surface area contributed by atoms with E-state index in [1.807, 2.05) is 32.5 Å². The van der Waals surface area contributed by atoms with Gasteiger partial charge in [0, 0.05) is 29.6 Å². The molecular weight excluding hydrogens is 296 g/mol. The van der Waals surface area contributed by atoms with Crippen molar-refractivity contribution in [1.29, 1.82) is 0 Å². The van der Waals surface area contributed by atoms with Gasteiger partial charge < -0.3 is 15.4 Å². The van der Waals surface area contributed by atoms with E-state index in [9.17, 15) is 4.79 Å². The second-order valence-corrected chi connectivity index (χ2v) is 8.06. The predicted molar refractivity (Wildman–Crippen MR) is 90.0 cm³/mol. The lowest BCUT2D eigenvalue weighted by atomic mass is 10.0. The summed E-state index contributed by atoms with van der Waals surface area (Å²) < 4.78 is 5.30. The third-order valence-electron chi connectivity index (χ3n) is 3.88. The normalized spacial score (nSPS) is 27.0. The SMILES string of the molecule is CC(C)(C)OC(=O)NC1CC1NC1CSCc2ccccc21. The molecule has 4 nitrogen and oxygen atoms in total. The zero-order valence-corrected chi connectivity index (χ0v) is 14.2. The van der Waals surface area contributed by atoms with Gasteiger partial charge >= 0.3 is 6.09 Å². The standard InChI is InChI=1S/C17H24N2O2S/c1-17(2,3)21-16(20)19-14-8-13(14)18-15-10-22-9-11-6-4-5-7-12(11)15/h4-7,13-15,18H,8-10H2,1-3H3,(H,19,20). The Bertz CT molecular complexity index is 556. The molecule has 3 unspecified atom stereocenters. The summed E-state index contributed by atoms with van der Waals surface area (Å²) >= 11 is 1.96. The topological polar surface area (TPSA) is 50.4 Å². The van der Waals surface area contributed by atoms with Crippen LogP contribution in [0.2, 0.25) is 0 Å². The van der Waals surface area contributed by atoms with Crippen molar-refractivity contribution in [2.75, 3.05) is 5.75 Å². The zero-order chi connectivity index (χ0) is 15.7. The van der Waals surface area contributed by atoms with Crippen LogP contribution in [-0.2, 0) is 10.5 Å². The molecule has 0 spiro atoms. The monoisotopic (exact) mass is 320 g/mol. The molecule has 2 aliphatic rings. The van der Waals surface area contributed by atoms with Crippen LogP contribution in [0.25, 0.3) is 0 Å². The van der Waals surface area contributed by atoms with Gasteiger partial charge in [0.25, 0.3) is 0 Å². The van der Waals surface area contributed by atoms with Crippen molar-refractivity contribution in [3.05, 3.63) is 35.4 Å². The lowest BCUT2D eigenvalue weighted by Crippen LogP contribution is -2.38. The van der Waals surface area contributed by atoms with Gasteiger partial charge in [0.1, 0.15) is 5.60 Å². The Morgan fingerprint density at radius 2 is 2.05 bits per heavy atom. The van der Waals surface area contributed by atoms with Gasteiger partial charge in [-0.15, -0.1) is 0 Å². The fraction of sp³-hybridized carbons (Fsp3) is 0.588. The first kappa shape index (κ1) is 15.7. The van der Waals surface area contributed by atoms with Crippen LogP contribution in [0.4, 0.5) is 4.79 Å². The molecule has 120 valence electrons. The fourth-order valence-corrected chi connectivity index (χ4v) is 3.89. The number of ether oxygens (including phenoxy) is 1. The van der Waals surface area contributed by atoms with Crippen LogP contribution in [0.3, 0.4) is 0 Å². The Labute approximate surface area is 136 Å². The van der Waals surface area contributed by atoms with Gasteiger partial charge in [-0.3, -0.25) is 0 Å². The maximum atomic E-state index is 11.8. The fourth-order valence-electron chi connectivity index (χ4n) is 2.78. The first-order valence-corrected chi connectivity index (χ1v) is 8.99. The van der Waals surface area contributed by atoms with Crippen LogP contribution < -0.4 is 10.6 Å². The number of rotatable bonds is 3. The number of alkyl carbamates (subject to hydrolysis) is 1. The van der Waals surface area contributed by atoms with Crippen molar-refractivity contribution in [3.8, 4) is 0 Å². The molecule has 1 heterocycles. The van der Waals surface area contributed by atoms with Crippen LogP contribution >= 0.6 is 11.8 Å². The molecule has 1 amide bonds. The summed E-state index contributed by atoms with van der Waals surface area (Å²) in [7, 11) is 0. The number of nitrogens with one attached hydrogen (secondary N) is 2. The van der Waals surface area contributed by atoms with Crippen molar-refractivity contribution in [2.24, 2.45) is 0 Å². The summed E-state index contributed by atoms with van der Waals surface area (Å²) in [5.41, 5.74) is 2.39. The van der Waals surface area contributed by atoms with E-state index < -0.39 is 5.60 Å². The Hall–Kier alpha value is -1.20. The number of carbonyl (C=O) groups is 1. The van der Waals surface area contributed by atoms with E-state index in [4.69, 9.17) is 4.74 Å². The first-order chi connectivity index (χ1) is 10.4. The minimum absolute atomic E-state index is 0.189. The Kier molecular flexibility index (Phi) is 4.37. The van der Waals surface area contributed by atoms with E-state index in [1.54, 1.807) is 0 Å². The number of hydrogen-bond acceptors (Lipinski definition) is 4. The van der Waals surface area contributed by atoms with Gasteiger partial charge in [-0.1, -0.05) is 24.3 Å². The van der Waals surface area contributed by atoms with E-state index in [1.165, 1.54) is 11.1 Å². The molecule has 0 aromatic heterocycles. The van der Waals surface area contributed by atoms with E-state index in [-0.39, 0.29) is 12.1 Å². The molecule has 1 aliphatic carbocycles. The van der Waals surface area contributed by atoms with E-state index in [0.29, 0.717) is 12.1 Å². The zero-order valence-electron chi connectivity index (χ0n) is 13.4. The van der Waals surface area contributed by atoms with E-state index >= 15 is 0 Å². The number of thioether (sulfide) groups is 1. The van der Waals surface area contributed by atoms with Gasteiger partial charge in [-0.25, -0.2) is 4.79 Å². The Balaban J connectivity index is 1.51. The van der Waals surface area contributed by atoms with Crippen LogP contribution in [-0.4, -0.2) is 29.5 Å². The van der Waals surface area contributed by atoms with Gasteiger partial charge in [0.15, 0.2) is 0 Å². The largest absolute Gasteiger partial charge is 0.444 e. The summed E-state index contributed by atoms with van der Waals surface area (Å²) in [5.74, 6) is 2.19. The quantitative estimate of drug-likeness (QED) is 0.898. The van der Waals surface area contributed by atoms with Crippen molar-refractivity contribution >= 4 is 17.9 Å². The smallest absolute Gasteiger partial charge is 0.407 e. The molecule has 1 fully saturated rings. The molecule has 1 aromatic carbocycles. The molecule has 1 aromatic rings. The molecule has 22 heavy (non-hydrogen) atoms. The van der Waals surface area contributed by atoms with Gasteiger partial charge in [-0.2, -0.15) is 11.8 Å². The summed E-state index contributed by atoms with van der Waals surface area (Å²) in [6.45, 7) is 5.64.